The Labute approximate surface area is 151 Å². The van der Waals surface area contributed by atoms with E-state index in [2.05, 4.69) is 25.8 Å². The molecule has 0 radical (unpaired) electrons. The molecule has 8 heteroatoms. The van der Waals surface area contributed by atoms with E-state index >= 15 is 0 Å². The first kappa shape index (κ1) is 16.8. The Morgan fingerprint density at radius 3 is 2.62 bits per heavy atom. The van der Waals surface area contributed by atoms with Crippen molar-refractivity contribution in [2.24, 2.45) is 5.92 Å². The number of carbonyl (C=O) groups excluding carboxylic acids is 3. The van der Waals surface area contributed by atoms with E-state index in [1.54, 1.807) is 19.2 Å². The van der Waals surface area contributed by atoms with Gasteiger partial charge in [0.15, 0.2) is 0 Å². The van der Waals surface area contributed by atoms with Crippen molar-refractivity contribution in [1.82, 2.24) is 20.9 Å². The van der Waals surface area contributed by atoms with Gasteiger partial charge in [-0.25, -0.2) is 9.78 Å². The number of nitrogens with one attached hydrogen (secondary N) is 3. The first-order chi connectivity index (χ1) is 12.5. The molecule has 26 heavy (non-hydrogen) atoms. The number of hydrogen-bond donors (Lipinski definition) is 3. The third kappa shape index (κ3) is 3.11. The standard InChI is InChI=1S/C18H23N5O3/c1-18(16(25)21-17(26)22-18)12-5-8-23(9-6-12)14-10-11(4-7-19-14)15(24)20-13-2-3-13/h4,7,10,12-13H,2-3,5-6,8-9H2,1H3,(H,20,24)(H2,21,22,25,26). The first-order valence-corrected chi connectivity index (χ1v) is 9.11. The zero-order valence-electron chi connectivity index (χ0n) is 14.7. The number of hydrogen-bond acceptors (Lipinski definition) is 5. The van der Waals surface area contributed by atoms with E-state index in [-0.39, 0.29) is 17.7 Å². The van der Waals surface area contributed by atoms with E-state index in [1.165, 1.54) is 0 Å². The Morgan fingerprint density at radius 2 is 2.00 bits per heavy atom. The predicted octanol–water partition coefficient (Wildman–Crippen LogP) is 0.788. The molecule has 1 saturated carbocycles. The van der Waals surface area contributed by atoms with Crippen molar-refractivity contribution in [1.29, 1.82) is 0 Å². The van der Waals surface area contributed by atoms with Crippen LogP contribution in [0.3, 0.4) is 0 Å². The van der Waals surface area contributed by atoms with Crippen molar-refractivity contribution in [3.63, 3.8) is 0 Å². The van der Waals surface area contributed by atoms with Crippen molar-refractivity contribution in [2.75, 3.05) is 18.0 Å². The van der Waals surface area contributed by atoms with Gasteiger partial charge in [-0.15, -0.1) is 0 Å². The van der Waals surface area contributed by atoms with Gasteiger partial charge in [0.05, 0.1) is 0 Å². The van der Waals surface area contributed by atoms with E-state index in [0.29, 0.717) is 11.6 Å². The maximum atomic E-state index is 12.2. The summed E-state index contributed by atoms with van der Waals surface area (Å²) in [5, 5.41) is 8.08. The van der Waals surface area contributed by atoms with E-state index < -0.39 is 11.6 Å². The monoisotopic (exact) mass is 357 g/mol. The van der Waals surface area contributed by atoms with Gasteiger partial charge in [0, 0.05) is 30.9 Å². The molecule has 1 aromatic heterocycles. The number of rotatable bonds is 4. The molecular weight excluding hydrogens is 334 g/mol. The lowest BCUT2D eigenvalue weighted by Crippen LogP contribution is -2.53. The summed E-state index contributed by atoms with van der Waals surface area (Å²) in [6.07, 6.45) is 5.31. The summed E-state index contributed by atoms with van der Waals surface area (Å²) in [6.45, 7) is 3.24. The quantitative estimate of drug-likeness (QED) is 0.691. The molecule has 3 N–H and O–H groups in total. The largest absolute Gasteiger partial charge is 0.357 e. The third-order valence-corrected chi connectivity index (χ3v) is 5.63. The minimum Gasteiger partial charge on any atom is -0.357 e. The van der Waals surface area contributed by atoms with Crippen LogP contribution in [0.5, 0.6) is 0 Å². The smallest absolute Gasteiger partial charge is 0.322 e. The Bertz CT molecular complexity index is 755. The van der Waals surface area contributed by atoms with E-state index in [0.717, 1.165) is 44.6 Å². The van der Waals surface area contributed by atoms with Gasteiger partial charge in [0.1, 0.15) is 11.4 Å². The van der Waals surface area contributed by atoms with E-state index in [9.17, 15) is 14.4 Å². The molecule has 8 nitrogen and oxygen atoms in total. The molecule has 4 rings (SSSR count). The minimum atomic E-state index is -0.845. The number of pyridine rings is 1. The van der Waals surface area contributed by atoms with Crippen molar-refractivity contribution >= 4 is 23.7 Å². The van der Waals surface area contributed by atoms with Crippen LogP contribution in [-0.2, 0) is 4.79 Å². The lowest BCUT2D eigenvalue weighted by Gasteiger charge is -2.39. The highest BCUT2D eigenvalue weighted by molar-refractivity contribution is 6.07. The zero-order chi connectivity index (χ0) is 18.3. The van der Waals surface area contributed by atoms with Gasteiger partial charge in [-0.1, -0.05) is 0 Å². The maximum Gasteiger partial charge on any atom is 0.322 e. The second kappa shape index (κ2) is 6.26. The number of imide groups is 1. The number of carbonyl (C=O) groups is 3. The van der Waals surface area contributed by atoms with Crippen LogP contribution in [0.15, 0.2) is 18.3 Å². The fourth-order valence-corrected chi connectivity index (χ4v) is 3.76. The molecule has 138 valence electrons. The fourth-order valence-electron chi connectivity index (χ4n) is 3.76. The first-order valence-electron chi connectivity index (χ1n) is 9.11. The van der Waals surface area contributed by atoms with Crippen LogP contribution in [0.2, 0.25) is 0 Å². The number of aromatic nitrogens is 1. The Balaban J connectivity index is 1.41. The van der Waals surface area contributed by atoms with E-state index in [1.807, 2.05) is 6.07 Å². The highest BCUT2D eigenvalue weighted by atomic mass is 16.2. The van der Waals surface area contributed by atoms with E-state index in [4.69, 9.17) is 0 Å². The summed E-state index contributed by atoms with van der Waals surface area (Å²) in [7, 11) is 0. The molecule has 1 aliphatic carbocycles. The van der Waals surface area contributed by atoms with Crippen molar-refractivity contribution in [3.05, 3.63) is 23.9 Å². The second-order valence-electron chi connectivity index (χ2n) is 7.52. The lowest BCUT2D eigenvalue weighted by molar-refractivity contribution is -0.125. The second-order valence-corrected chi connectivity index (χ2v) is 7.52. The lowest BCUT2D eigenvalue weighted by atomic mass is 9.79. The molecule has 2 saturated heterocycles. The molecule has 2 aliphatic heterocycles. The molecular formula is C18H23N5O3. The number of nitrogens with zero attached hydrogens (tertiary/aromatic N) is 2. The molecule has 0 spiro atoms. The van der Waals surface area contributed by atoms with Crippen molar-refractivity contribution in [2.45, 2.75) is 44.2 Å². The Morgan fingerprint density at radius 1 is 1.27 bits per heavy atom. The summed E-state index contributed by atoms with van der Waals surface area (Å²) in [5.41, 5.74) is -0.221. The van der Waals surface area contributed by atoms with Crippen LogP contribution in [-0.4, -0.2) is 47.5 Å². The zero-order valence-corrected chi connectivity index (χ0v) is 14.7. The average Bonchev–Trinajstić information content (AvgIpc) is 3.41. The molecule has 3 heterocycles. The summed E-state index contributed by atoms with van der Waals surface area (Å²) in [6, 6.07) is 3.45. The highest BCUT2D eigenvalue weighted by Gasteiger charge is 2.48. The van der Waals surface area contributed by atoms with Crippen LogP contribution < -0.4 is 20.9 Å². The average molecular weight is 357 g/mol. The molecule has 1 unspecified atom stereocenters. The van der Waals surface area contributed by atoms with Gasteiger partial charge in [0.2, 0.25) is 0 Å². The van der Waals surface area contributed by atoms with Gasteiger partial charge in [-0.3, -0.25) is 14.9 Å². The number of urea groups is 1. The predicted molar refractivity (Wildman–Crippen MR) is 94.7 cm³/mol. The van der Waals surface area contributed by atoms with Gasteiger partial charge < -0.3 is 15.5 Å². The van der Waals surface area contributed by atoms with Crippen molar-refractivity contribution < 1.29 is 14.4 Å². The third-order valence-electron chi connectivity index (χ3n) is 5.63. The molecule has 1 atom stereocenters. The van der Waals surface area contributed by atoms with Crippen LogP contribution in [0, 0.1) is 5.92 Å². The van der Waals surface area contributed by atoms with Gasteiger partial charge in [-0.2, -0.15) is 0 Å². The van der Waals surface area contributed by atoms with Gasteiger partial charge in [-0.05, 0) is 50.7 Å². The topological polar surface area (TPSA) is 103 Å². The molecule has 4 amide bonds. The maximum absolute atomic E-state index is 12.2. The molecule has 3 aliphatic rings. The molecule has 0 aromatic carbocycles. The number of piperidine rings is 1. The van der Waals surface area contributed by atoms with Crippen LogP contribution in [0.4, 0.5) is 10.6 Å². The normalized spacial score (nSPS) is 26.4. The summed E-state index contributed by atoms with van der Waals surface area (Å²) >= 11 is 0. The van der Waals surface area contributed by atoms with Gasteiger partial charge in [0.25, 0.3) is 11.8 Å². The Kier molecular flexibility index (Phi) is 4.05. The van der Waals surface area contributed by atoms with Crippen molar-refractivity contribution in [3.8, 4) is 0 Å². The number of amides is 4. The summed E-state index contributed by atoms with van der Waals surface area (Å²) < 4.78 is 0. The molecule has 0 bridgehead atoms. The van der Waals surface area contributed by atoms with Gasteiger partial charge >= 0.3 is 6.03 Å². The summed E-state index contributed by atoms with van der Waals surface area (Å²) in [4.78, 5) is 42.3. The van der Waals surface area contributed by atoms with Crippen LogP contribution >= 0.6 is 0 Å². The highest BCUT2D eigenvalue weighted by Crippen LogP contribution is 2.32. The molecule has 3 fully saturated rings. The minimum absolute atomic E-state index is 0.0520. The van der Waals surface area contributed by atoms with Crippen LogP contribution in [0.25, 0.3) is 0 Å². The van der Waals surface area contributed by atoms with Crippen LogP contribution in [0.1, 0.15) is 43.0 Å². The fraction of sp³-hybridized carbons (Fsp3) is 0.556. The summed E-state index contributed by atoms with van der Waals surface area (Å²) in [5.74, 6) is 0.546. The number of anilines is 1. The Hall–Kier alpha value is -2.64. The molecule has 1 aromatic rings. The SMILES string of the molecule is CC1(C2CCN(c3cc(C(=O)NC4CC4)ccn3)CC2)NC(=O)NC1=O.